The van der Waals surface area contributed by atoms with Gasteiger partial charge in [-0.2, -0.15) is 9.66 Å². The van der Waals surface area contributed by atoms with Crippen LogP contribution in [0, 0.1) is 11.3 Å². The van der Waals surface area contributed by atoms with E-state index < -0.39 is 16.5 Å². The first-order valence-electron chi connectivity index (χ1n) is 11.3. The fourth-order valence-corrected chi connectivity index (χ4v) is 17.8. The van der Waals surface area contributed by atoms with Gasteiger partial charge in [-0.25, -0.2) is 0 Å². The summed E-state index contributed by atoms with van der Waals surface area (Å²) in [5.74, 6) is 0. The van der Waals surface area contributed by atoms with E-state index in [4.69, 9.17) is 11.6 Å². The van der Waals surface area contributed by atoms with E-state index in [1.165, 1.54) is 32.9 Å². The van der Waals surface area contributed by atoms with Gasteiger partial charge in [-0.1, -0.05) is 121 Å². The lowest BCUT2D eigenvalue weighted by molar-refractivity contribution is 1.05. The molecule has 3 nitrogen and oxygen atoms in total. The van der Waals surface area contributed by atoms with Crippen LogP contribution in [0.1, 0.15) is 0 Å². The topological polar surface area (TPSA) is 39.4 Å². The molecule has 0 heterocycles. The lowest BCUT2D eigenvalue weighted by Crippen LogP contribution is -2.79. The molecule has 0 radical (unpaired) electrons. The quantitative estimate of drug-likeness (QED) is 0.188. The molecular weight excluding hydrogens is 502 g/mol. The molecule has 0 amide bonds. The maximum atomic E-state index is 9.40. The number of hydrogen-bond acceptors (Lipinski definition) is 4. The zero-order valence-electron chi connectivity index (χ0n) is 19.7. The summed E-state index contributed by atoms with van der Waals surface area (Å²) < 4.78 is 7.05. The van der Waals surface area contributed by atoms with Crippen molar-refractivity contribution < 1.29 is 0 Å². The summed E-state index contributed by atoms with van der Waals surface area (Å²) in [4.78, 5) is 0. The van der Waals surface area contributed by atoms with E-state index in [1.807, 2.05) is 6.07 Å². The number of hydrogen-bond donors (Lipinski definition) is 0. The van der Waals surface area contributed by atoms with Crippen molar-refractivity contribution in [2.45, 2.75) is 13.1 Å². The Morgan fingerprint density at radius 1 is 0.657 bits per heavy atom. The van der Waals surface area contributed by atoms with Crippen LogP contribution in [0.15, 0.2) is 126 Å². The molecule has 7 heteroatoms. The molecule has 174 valence electrons. The molecular formula is C28H26ClN3SSi2. The van der Waals surface area contributed by atoms with Gasteiger partial charge in [0.1, 0.15) is 6.07 Å². The van der Waals surface area contributed by atoms with Gasteiger partial charge in [0.15, 0.2) is 16.5 Å². The van der Waals surface area contributed by atoms with Gasteiger partial charge in [0.05, 0.1) is 12.1 Å². The molecule has 0 aliphatic rings. The molecule has 0 fully saturated rings. The van der Waals surface area contributed by atoms with Crippen molar-refractivity contribution in [1.82, 2.24) is 3.64 Å². The van der Waals surface area contributed by atoms with Crippen molar-refractivity contribution in [2.24, 2.45) is 4.40 Å². The Kier molecular flexibility index (Phi) is 8.06. The lowest BCUT2D eigenvalue weighted by atomic mass is 10.4. The van der Waals surface area contributed by atoms with E-state index in [9.17, 15) is 5.26 Å². The molecule has 0 saturated heterocycles. The summed E-state index contributed by atoms with van der Waals surface area (Å²) in [6.07, 6.45) is 0. The largest absolute Gasteiger partial charge is 0.256 e. The van der Waals surface area contributed by atoms with Crippen molar-refractivity contribution in [3.05, 3.63) is 121 Å². The first kappa shape index (κ1) is 25.2. The van der Waals surface area contributed by atoms with Gasteiger partial charge < -0.3 is 0 Å². The average molecular weight is 528 g/mol. The number of halogens is 1. The highest BCUT2D eigenvalue weighted by atomic mass is 35.5. The van der Waals surface area contributed by atoms with E-state index in [0.717, 1.165) is 0 Å². The molecule has 0 N–H and O–H groups in total. The third kappa shape index (κ3) is 5.06. The van der Waals surface area contributed by atoms with Crippen LogP contribution in [-0.2, 0) is 0 Å². The van der Waals surface area contributed by atoms with E-state index in [1.54, 1.807) is 0 Å². The maximum absolute atomic E-state index is 9.40. The van der Waals surface area contributed by atoms with Crippen molar-refractivity contribution in [1.29, 1.82) is 5.26 Å². The van der Waals surface area contributed by atoms with E-state index in [-0.39, 0.29) is 5.17 Å². The van der Waals surface area contributed by atoms with E-state index in [0.29, 0.717) is 0 Å². The van der Waals surface area contributed by atoms with Crippen molar-refractivity contribution >= 4 is 66.1 Å². The smallest absolute Gasteiger partial charge is 0.215 e. The first-order valence-corrected chi connectivity index (χ1v) is 17.3. The molecule has 4 aromatic carbocycles. The monoisotopic (exact) mass is 527 g/mol. The zero-order chi connectivity index (χ0) is 24.7. The van der Waals surface area contributed by atoms with Gasteiger partial charge in [0, 0.05) is 0 Å². The second-order valence-electron chi connectivity index (χ2n) is 8.48. The highest BCUT2D eigenvalue weighted by Crippen LogP contribution is 2.30. The van der Waals surface area contributed by atoms with Crippen LogP contribution in [0.5, 0.6) is 0 Å². The molecule has 0 aliphatic carbocycles. The van der Waals surface area contributed by atoms with Crippen LogP contribution in [0.4, 0.5) is 0 Å². The Morgan fingerprint density at radius 2 is 0.943 bits per heavy atom. The third-order valence-electron chi connectivity index (χ3n) is 6.45. The van der Waals surface area contributed by atoms with Crippen molar-refractivity contribution in [2.75, 3.05) is 0 Å². The molecule has 0 spiro atoms. The van der Waals surface area contributed by atoms with Crippen LogP contribution in [0.25, 0.3) is 0 Å². The van der Waals surface area contributed by atoms with Gasteiger partial charge in [-0.05, 0) is 45.4 Å². The second kappa shape index (κ2) is 11.2. The first-order chi connectivity index (χ1) is 17.0. The highest BCUT2D eigenvalue weighted by molar-refractivity contribution is 7.99. The minimum atomic E-state index is -2.63. The molecule has 4 aromatic rings. The van der Waals surface area contributed by atoms with Crippen LogP contribution in [-0.4, -0.2) is 25.3 Å². The standard InChI is InChI=1S/C28H26ClN3SSi2/c1-34(24-15-7-3-8-16-24,25-17-9-4-10-18-25)32(33-31-28(29)23-30)35(2,26-19-11-5-12-20-26)27-21-13-6-14-22-27/h3-22H,1-2H3/b31-28+. The molecule has 0 saturated carbocycles. The Morgan fingerprint density at radius 3 is 1.20 bits per heavy atom. The number of nitrogens with zero attached hydrogens (tertiary/aromatic N) is 3. The summed E-state index contributed by atoms with van der Waals surface area (Å²) >= 11 is 7.50. The molecule has 35 heavy (non-hydrogen) atoms. The molecule has 0 bridgehead atoms. The number of benzene rings is 4. The Bertz CT molecular complexity index is 1150. The van der Waals surface area contributed by atoms with Gasteiger partial charge in [-0.15, -0.1) is 0 Å². The SMILES string of the molecule is C[Si](c1ccccc1)(c1ccccc1)N(S/N=C(/Cl)C#N)[Si](C)(c1ccccc1)c1ccccc1. The fourth-order valence-electron chi connectivity index (χ4n) is 4.56. The Balaban J connectivity index is 2.07. The Hall–Kier alpha value is -2.93. The average Bonchev–Trinajstić information content (AvgIpc) is 2.94. The van der Waals surface area contributed by atoms with E-state index >= 15 is 0 Å². The van der Waals surface area contributed by atoms with Crippen LogP contribution < -0.4 is 20.7 Å². The van der Waals surface area contributed by atoms with Gasteiger partial charge in [0.2, 0.25) is 5.17 Å². The zero-order valence-corrected chi connectivity index (χ0v) is 23.2. The predicted octanol–water partition coefficient (Wildman–Crippen LogP) is 4.79. The summed E-state index contributed by atoms with van der Waals surface area (Å²) in [6.45, 7) is 4.75. The molecule has 4 rings (SSSR count). The summed E-state index contributed by atoms with van der Waals surface area (Å²) in [7, 11) is -5.26. The molecule has 0 aromatic heterocycles. The summed E-state index contributed by atoms with van der Waals surface area (Å²) in [6, 6.07) is 44.7. The summed E-state index contributed by atoms with van der Waals surface area (Å²) in [5, 5.41) is 14.4. The molecule has 0 atom stereocenters. The van der Waals surface area contributed by atoms with Crippen LogP contribution >= 0.6 is 23.7 Å². The van der Waals surface area contributed by atoms with Gasteiger partial charge >= 0.3 is 0 Å². The van der Waals surface area contributed by atoms with Crippen LogP contribution in [0.3, 0.4) is 0 Å². The number of rotatable bonds is 8. The Labute approximate surface area is 219 Å². The van der Waals surface area contributed by atoms with Gasteiger partial charge in [-0.3, -0.25) is 3.64 Å². The van der Waals surface area contributed by atoms with Crippen molar-refractivity contribution in [3.63, 3.8) is 0 Å². The minimum Gasteiger partial charge on any atom is -0.256 e. The third-order valence-corrected chi connectivity index (χ3v) is 20.0. The summed E-state index contributed by atoms with van der Waals surface area (Å²) in [5.41, 5.74) is 0. The van der Waals surface area contributed by atoms with Crippen molar-refractivity contribution in [3.8, 4) is 6.07 Å². The van der Waals surface area contributed by atoms with E-state index in [2.05, 4.69) is 142 Å². The number of nitriles is 1. The highest BCUT2D eigenvalue weighted by Gasteiger charge is 2.51. The molecule has 0 unspecified atom stereocenters. The second-order valence-corrected chi connectivity index (χ2v) is 18.1. The van der Waals surface area contributed by atoms with Gasteiger partial charge in [0.25, 0.3) is 0 Å². The molecule has 0 aliphatic heterocycles. The minimum absolute atomic E-state index is 0.0602. The predicted molar refractivity (Wildman–Crippen MR) is 156 cm³/mol. The lowest BCUT2D eigenvalue weighted by Gasteiger charge is -2.48. The fraction of sp³-hybridized carbons (Fsp3) is 0.0714. The maximum Gasteiger partial charge on any atom is 0.215 e. The normalized spacial score (nSPS) is 12.4. The van der Waals surface area contributed by atoms with Crippen LogP contribution in [0.2, 0.25) is 13.1 Å².